The van der Waals surface area contributed by atoms with Gasteiger partial charge in [-0.2, -0.15) is 0 Å². The Hall–Kier alpha value is -2.37. The zero-order valence-corrected chi connectivity index (χ0v) is 13.0. The normalized spacial score (nSPS) is 10.7. The maximum absolute atomic E-state index is 11.5. The van der Waals surface area contributed by atoms with Crippen LogP contribution in [0.5, 0.6) is 5.75 Å². The second-order valence-electron chi connectivity index (χ2n) is 5.53. The van der Waals surface area contributed by atoms with Gasteiger partial charge >= 0.3 is 6.03 Å². The molecule has 1 aromatic carbocycles. The first kappa shape index (κ1) is 16.7. The van der Waals surface area contributed by atoms with E-state index in [9.17, 15) is 4.79 Å². The van der Waals surface area contributed by atoms with Gasteiger partial charge in [0.15, 0.2) is 5.88 Å². The van der Waals surface area contributed by atoms with Gasteiger partial charge in [-0.3, -0.25) is 5.43 Å². The molecule has 0 unspecified atom stereocenters. The Labute approximate surface area is 125 Å². The molecule has 0 spiro atoms. The summed E-state index contributed by atoms with van der Waals surface area (Å²) < 4.78 is 10.7. The van der Waals surface area contributed by atoms with Gasteiger partial charge in [0.05, 0.1) is 13.7 Å². The van der Waals surface area contributed by atoms with Crippen molar-refractivity contribution in [2.45, 2.75) is 32.9 Å². The Balaban J connectivity index is 2.74. The van der Waals surface area contributed by atoms with Crippen LogP contribution in [-0.2, 0) is 11.3 Å². The van der Waals surface area contributed by atoms with Gasteiger partial charge in [0, 0.05) is 0 Å². The van der Waals surface area contributed by atoms with Gasteiger partial charge in [0.25, 0.3) is 0 Å². The lowest BCUT2D eigenvalue weighted by Crippen LogP contribution is -2.46. The van der Waals surface area contributed by atoms with Gasteiger partial charge in [-0.05, 0) is 45.0 Å². The fourth-order valence-electron chi connectivity index (χ4n) is 1.67. The van der Waals surface area contributed by atoms with Crippen molar-refractivity contribution in [3.05, 3.63) is 42.3 Å². The van der Waals surface area contributed by atoms with Gasteiger partial charge in [-0.1, -0.05) is 12.1 Å². The lowest BCUT2D eigenvalue weighted by atomic mass is 10.2. The zero-order valence-electron chi connectivity index (χ0n) is 13.0. The molecule has 0 aliphatic carbocycles. The molecule has 21 heavy (non-hydrogen) atoms. The molecule has 6 nitrogen and oxygen atoms in total. The van der Waals surface area contributed by atoms with Crippen LogP contribution in [0.2, 0.25) is 0 Å². The summed E-state index contributed by atoms with van der Waals surface area (Å²) in [5.74, 6) is 0.964. The van der Waals surface area contributed by atoms with Crippen LogP contribution in [0.3, 0.4) is 0 Å². The van der Waals surface area contributed by atoms with E-state index < -0.39 is 11.6 Å². The van der Waals surface area contributed by atoms with Crippen molar-refractivity contribution in [1.82, 2.24) is 10.4 Å². The Kier molecular flexibility index (Phi) is 5.46. The van der Waals surface area contributed by atoms with Crippen molar-refractivity contribution in [2.24, 2.45) is 5.73 Å². The van der Waals surface area contributed by atoms with E-state index in [0.29, 0.717) is 5.75 Å². The Bertz CT molecular complexity index is 509. The molecule has 3 N–H and O–H groups in total. The minimum atomic E-state index is -0.628. The van der Waals surface area contributed by atoms with Crippen LogP contribution < -0.4 is 15.9 Å². The quantitative estimate of drug-likeness (QED) is 0.623. The first-order valence-electron chi connectivity index (χ1n) is 6.56. The van der Waals surface area contributed by atoms with E-state index in [1.54, 1.807) is 7.11 Å². The highest BCUT2D eigenvalue weighted by molar-refractivity contribution is 5.71. The fraction of sp³-hybridized carbons (Fsp3) is 0.400. The average molecular weight is 293 g/mol. The lowest BCUT2D eigenvalue weighted by Gasteiger charge is -2.28. The van der Waals surface area contributed by atoms with Crippen LogP contribution >= 0.6 is 0 Å². The van der Waals surface area contributed by atoms with Gasteiger partial charge in [0.1, 0.15) is 11.4 Å². The largest absolute Gasteiger partial charge is 0.497 e. The van der Waals surface area contributed by atoms with E-state index in [2.05, 4.69) is 12.0 Å². The third kappa shape index (κ3) is 6.07. The predicted molar refractivity (Wildman–Crippen MR) is 81.2 cm³/mol. The molecular weight excluding hydrogens is 270 g/mol. The maximum atomic E-state index is 11.5. The van der Waals surface area contributed by atoms with Crippen LogP contribution in [0.25, 0.3) is 0 Å². The van der Waals surface area contributed by atoms with Crippen LogP contribution in [0, 0.1) is 0 Å². The molecule has 1 aromatic rings. The van der Waals surface area contributed by atoms with Crippen LogP contribution in [0.1, 0.15) is 26.3 Å². The minimum absolute atomic E-state index is 0.254. The highest BCUT2D eigenvalue weighted by Crippen LogP contribution is 2.15. The van der Waals surface area contributed by atoms with Crippen molar-refractivity contribution in [3.63, 3.8) is 0 Å². The Morgan fingerprint density at radius 3 is 2.62 bits per heavy atom. The Morgan fingerprint density at radius 2 is 2.10 bits per heavy atom. The molecule has 116 valence electrons. The summed E-state index contributed by atoms with van der Waals surface area (Å²) in [7, 11) is 1.59. The molecule has 0 radical (unpaired) electrons. The molecule has 0 aliphatic heterocycles. The second kappa shape index (κ2) is 6.88. The van der Waals surface area contributed by atoms with Gasteiger partial charge in [-0.25, -0.2) is 9.80 Å². The van der Waals surface area contributed by atoms with Crippen molar-refractivity contribution in [1.29, 1.82) is 0 Å². The molecule has 0 atom stereocenters. The van der Waals surface area contributed by atoms with Gasteiger partial charge < -0.3 is 15.2 Å². The maximum Gasteiger partial charge on any atom is 0.333 e. The number of amides is 2. The second-order valence-corrected chi connectivity index (χ2v) is 5.53. The highest BCUT2D eigenvalue weighted by atomic mass is 16.5. The number of methoxy groups -OCH3 is 1. The van der Waals surface area contributed by atoms with Crippen molar-refractivity contribution in [3.8, 4) is 5.75 Å². The molecule has 0 saturated carbocycles. The first-order chi connectivity index (χ1) is 9.71. The van der Waals surface area contributed by atoms with Crippen LogP contribution in [0.15, 0.2) is 36.7 Å². The summed E-state index contributed by atoms with van der Waals surface area (Å²) in [6, 6.07) is 6.73. The molecule has 0 bridgehead atoms. The van der Waals surface area contributed by atoms with Crippen molar-refractivity contribution in [2.75, 3.05) is 7.11 Å². The number of carbonyl (C=O) groups is 1. The number of benzene rings is 1. The smallest absolute Gasteiger partial charge is 0.333 e. The third-order valence-corrected chi connectivity index (χ3v) is 2.43. The molecular formula is C15H23N3O3. The molecule has 6 heteroatoms. The summed E-state index contributed by atoms with van der Waals surface area (Å²) in [6.45, 7) is 9.65. The number of rotatable bonds is 6. The topological polar surface area (TPSA) is 76.8 Å². The number of ether oxygens (including phenoxy) is 2. The standard InChI is InChI=1S/C15H23N3O3/c1-11(21-15(2,3)4)17-18(14(16)19)10-12-7-6-8-13(9-12)20-5/h6-9,17H,1,10H2,2-5H3,(H2,16,19). The summed E-state index contributed by atoms with van der Waals surface area (Å²) in [5.41, 5.74) is 8.58. The number of urea groups is 1. The monoisotopic (exact) mass is 293 g/mol. The number of nitrogens with zero attached hydrogens (tertiary/aromatic N) is 1. The molecule has 2 amide bonds. The van der Waals surface area contributed by atoms with Crippen LogP contribution in [0.4, 0.5) is 4.79 Å². The van der Waals surface area contributed by atoms with E-state index in [-0.39, 0.29) is 12.4 Å². The average Bonchev–Trinajstić information content (AvgIpc) is 2.36. The van der Waals surface area contributed by atoms with E-state index in [1.807, 2.05) is 45.0 Å². The Morgan fingerprint density at radius 1 is 1.43 bits per heavy atom. The first-order valence-corrected chi connectivity index (χ1v) is 6.56. The molecule has 0 fully saturated rings. The lowest BCUT2D eigenvalue weighted by molar-refractivity contribution is 0.0217. The molecule has 0 saturated heterocycles. The number of nitrogens with two attached hydrogens (primary N) is 1. The zero-order chi connectivity index (χ0) is 16.0. The summed E-state index contributed by atoms with van der Waals surface area (Å²) >= 11 is 0. The van der Waals surface area contributed by atoms with Crippen LogP contribution in [-0.4, -0.2) is 23.8 Å². The van der Waals surface area contributed by atoms with Crippen molar-refractivity contribution >= 4 is 6.03 Å². The molecule has 0 heterocycles. The van der Waals surface area contributed by atoms with E-state index in [1.165, 1.54) is 5.01 Å². The summed E-state index contributed by atoms with van der Waals surface area (Å²) in [5, 5.41) is 1.23. The number of nitrogens with one attached hydrogen (secondary N) is 1. The number of hydrogen-bond acceptors (Lipinski definition) is 4. The number of primary amides is 1. The fourth-order valence-corrected chi connectivity index (χ4v) is 1.67. The SMILES string of the molecule is C=C(NN(Cc1cccc(OC)c1)C(N)=O)OC(C)(C)C. The third-order valence-electron chi connectivity index (χ3n) is 2.43. The summed E-state index contributed by atoms with van der Waals surface area (Å²) in [4.78, 5) is 11.5. The number of carbonyl (C=O) groups excluding carboxylic acids is 1. The van der Waals surface area contributed by atoms with Gasteiger partial charge in [-0.15, -0.1) is 0 Å². The van der Waals surface area contributed by atoms with E-state index in [4.69, 9.17) is 15.2 Å². The van der Waals surface area contributed by atoms with E-state index in [0.717, 1.165) is 5.56 Å². The summed E-state index contributed by atoms with van der Waals surface area (Å²) in [6.07, 6.45) is 0. The molecule has 0 aromatic heterocycles. The highest BCUT2D eigenvalue weighted by Gasteiger charge is 2.16. The number of hydrazine groups is 1. The van der Waals surface area contributed by atoms with Gasteiger partial charge in [0.2, 0.25) is 0 Å². The van der Waals surface area contributed by atoms with Crippen molar-refractivity contribution < 1.29 is 14.3 Å². The molecule has 1 rings (SSSR count). The predicted octanol–water partition coefficient (Wildman–Crippen LogP) is 2.37. The minimum Gasteiger partial charge on any atom is -0.497 e. The van der Waals surface area contributed by atoms with E-state index >= 15 is 0 Å². The molecule has 0 aliphatic rings. The number of hydrogen-bond donors (Lipinski definition) is 2.